The van der Waals surface area contributed by atoms with Gasteiger partial charge in [0.25, 0.3) is 0 Å². The molecule has 0 heterocycles. The third-order valence-electron chi connectivity index (χ3n) is 4.39. The molecular weight excluding hydrogens is 320 g/mol. The summed E-state index contributed by atoms with van der Waals surface area (Å²) in [6, 6.07) is 21.3. The van der Waals surface area contributed by atoms with Gasteiger partial charge in [-0.25, -0.2) is 0 Å². The number of ether oxygens (including phenoxy) is 1. The summed E-state index contributed by atoms with van der Waals surface area (Å²) in [4.78, 5) is 0. The van der Waals surface area contributed by atoms with Crippen LogP contribution in [0.1, 0.15) is 22.3 Å². The van der Waals surface area contributed by atoms with Crippen LogP contribution < -0.4 is 16.2 Å². The van der Waals surface area contributed by atoms with Crippen molar-refractivity contribution in [2.24, 2.45) is 0 Å². The monoisotopic (exact) mass is 342 g/mol. The molecule has 0 atom stereocenters. The average Bonchev–Trinajstić information content (AvgIpc) is 2.67. The van der Waals surface area contributed by atoms with Crippen molar-refractivity contribution < 1.29 is 4.74 Å². The van der Waals surface area contributed by atoms with Crippen molar-refractivity contribution >= 4 is 22.5 Å². The summed E-state index contributed by atoms with van der Waals surface area (Å²) in [6.07, 6.45) is 0. The zero-order valence-electron chi connectivity index (χ0n) is 14.8. The number of hydrogen-bond donors (Lipinski definition) is 2. The zero-order valence-corrected chi connectivity index (χ0v) is 14.8. The molecule has 3 aromatic rings. The van der Waals surface area contributed by atoms with E-state index in [2.05, 4.69) is 13.2 Å². The first-order valence-electron chi connectivity index (χ1n) is 8.28. The minimum absolute atomic E-state index is 0.726. The van der Waals surface area contributed by atoms with E-state index in [4.69, 9.17) is 16.2 Å². The van der Waals surface area contributed by atoms with Crippen LogP contribution in [0.3, 0.4) is 0 Å². The molecule has 130 valence electrons. The van der Waals surface area contributed by atoms with Gasteiger partial charge >= 0.3 is 0 Å². The van der Waals surface area contributed by atoms with E-state index in [1.807, 2.05) is 66.7 Å². The van der Waals surface area contributed by atoms with Gasteiger partial charge in [0, 0.05) is 16.9 Å². The van der Waals surface area contributed by atoms with E-state index in [9.17, 15) is 0 Å². The molecule has 26 heavy (non-hydrogen) atoms. The van der Waals surface area contributed by atoms with Crippen molar-refractivity contribution in [3.05, 3.63) is 102 Å². The fraction of sp³-hybridized carbons (Fsp3) is 0.0435. The quantitative estimate of drug-likeness (QED) is 0.643. The Morgan fingerprint density at radius 3 is 1.65 bits per heavy atom. The average molecular weight is 342 g/mol. The molecule has 0 unspecified atom stereocenters. The lowest BCUT2D eigenvalue weighted by Crippen LogP contribution is -1.96. The van der Waals surface area contributed by atoms with E-state index < -0.39 is 0 Å². The lowest BCUT2D eigenvalue weighted by molar-refractivity contribution is 0.413. The third-order valence-corrected chi connectivity index (χ3v) is 4.39. The lowest BCUT2D eigenvalue weighted by atomic mass is 9.94. The van der Waals surface area contributed by atoms with Crippen LogP contribution in [0.2, 0.25) is 0 Å². The predicted molar refractivity (Wildman–Crippen MR) is 111 cm³/mol. The van der Waals surface area contributed by atoms with Gasteiger partial charge in [0.15, 0.2) is 0 Å². The molecule has 0 saturated heterocycles. The molecule has 0 aliphatic heterocycles. The minimum atomic E-state index is 0.726. The van der Waals surface area contributed by atoms with E-state index in [0.717, 1.165) is 50.5 Å². The van der Waals surface area contributed by atoms with Crippen LogP contribution in [-0.4, -0.2) is 7.11 Å². The van der Waals surface area contributed by atoms with Crippen LogP contribution in [0.25, 0.3) is 11.1 Å². The summed E-state index contributed by atoms with van der Waals surface area (Å²) in [6.45, 7) is 8.43. The Labute approximate surface area is 154 Å². The molecule has 0 saturated carbocycles. The second-order valence-corrected chi connectivity index (χ2v) is 6.12. The van der Waals surface area contributed by atoms with Crippen molar-refractivity contribution in [1.82, 2.24) is 0 Å². The Hall–Kier alpha value is -3.46. The molecule has 4 N–H and O–H groups in total. The summed E-state index contributed by atoms with van der Waals surface area (Å²) in [5.41, 5.74) is 18.7. The number of benzene rings is 3. The number of hydrogen-bond acceptors (Lipinski definition) is 3. The Balaban J connectivity index is 1.95. The number of anilines is 2. The van der Waals surface area contributed by atoms with E-state index in [0.29, 0.717) is 0 Å². The van der Waals surface area contributed by atoms with Crippen molar-refractivity contribution in [3.63, 3.8) is 0 Å². The lowest BCUT2D eigenvalue weighted by Gasteiger charge is -2.15. The molecule has 3 heteroatoms. The van der Waals surface area contributed by atoms with Crippen molar-refractivity contribution in [2.75, 3.05) is 18.6 Å². The van der Waals surface area contributed by atoms with Gasteiger partial charge in [0.2, 0.25) is 0 Å². The standard InChI is InChI=1S/C23H22N2O/c1-15(17-4-9-20(24)10-5-17)19-8-13-22(23(14-19)26-3)16(2)18-6-11-21(25)12-7-18/h4-14H,1-2,24-25H2,3H3. The molecule has 3 rings (SSSR count). The molecule has 3 nitrogen and oxygen atoms in total. The van der Waals surface area contributed by atoms with Crippen LogP contribution in [0.15, 0.2) is 79.9 Å². The highest BCUT2D eigenvalue weighted by Gasteiger charge is 2.12. The number of nitrogen functional groups attached to an aromatic ring is 2. The molecule has 0 radical (unpaired) electrons. The van der Waals surface area contributed by atoms with E-state index >= 15 is 0 Å². The van der Waals surface area contributed by atoms with Gasteiger partial charge in [0.05, 0.1) is 7.11 Å². The molecule has 0 fully saturated rings. The molecule has 0 amide bonds. The Bertz CT molecular complexity index is 955. The van der Waals surface area contributed by atoms with Gasteiger partial charge in [-0.3, -0.25) is 0 Å². The molecular formula is C23H22N2O. The Morgan fingerprint density at radius 1 is 0.692 bits per heavy atom. The Morgan fingerprint density at radius 2 is 1.15 bits per heavy atom. The van der Waals surface area contributed by atoms with Gasteiger partial charge in [-0.2, -0.15) is 0 Å². The first-order valence-corrected chi connectivity index (χ1v) is 8.28. The normalized spacial score (nSPS) is 10.3. The van der Waals surface area contributed by atoms with Gasteiger partial charge in [-0.05, 0) is 58.2 Å². The number of rotatable bonds is 5. The summed E-state index contributed by atoms with van der Waals surface area (Å²) < 4.78 is 5.61. The molecule has 0 spiro atoms. The van der Waals surface area contributed by atoms with E-state index in [1.165, 1.54) is 0 Å². The highest BCUT2D eigenvalue weighted by Crippen LogP contribution is 2.34. The maximum atomic E-state index is 5.77. The number of nitrogens with two attached hydrogens (primary N) is 2. The largest absolute Gasteiger partial charge is 0.496 e. The summed E-state index contributed by atoms with van der Waals surface area (Å²) in [5, 5.41) is 0. The van der Waals surface area contributed by atoms with Crippen molar-refractivity contribution in [2.45, 2.75) is 0 Å². The molecule has 0 bridgehead atoms. The molecule has 0 aliphatic carbocycles. The van der Waals surface area contributed by atoms with E-state index in [-0.39, 0.29) is 0 Å². The van der Waals surface area contributed by atoms with Crippen LogP contribution in [0.5, 0.6) is 5.75 Å². The van der Waals surface area contributed by atoms with Gasteiger partial charge < -0.3 is 16.2 Å². The van der Waals surface area contributed by atoms with Gasteiger partial charge in [-0.15, -0.1) is 0 Å². The van der Waals surface area contributed by atoms with E-state index in [1.54, 1.807) is 7.11 Å². The third kappa shape index (κ3) is 3.47. The maximum Gasteiger partial charge on any atom is 0.127 e. The minimum Gasteiger partial charge on any atom is -0.496 e. The van der Waals surface area contributed by atoms with Gasteiger partial charge in [-0.1, -0.05) is 49.6 Å². The summed E-state index contributed by atoms with van der Waals surface area (Å²) >= 11 is 0. The van der Waals surface area contributed by atoms with Crippen molar-refractivity contribution in [1.29, 1.82) is 0 Å². The fourth-order valence-electron chi connectivity index (χ4n) is 2.82. The topological polar surface area (TPSA) is 61.3 Å². The summed E-state index contributed by atoms with van der Waals surface area (Å²) in [7, 11) is 1.66. The predicted octanol–water partition coefficient (Wildman–Crippen LogP) is 4.98. The van der Waals surface area contributed by atoms with Crippen molar-refractivity contribution in [3.8, 4) is 5.75 Å². The zero-order chi connectivity index (χ0) is 18.7. The first-order chi connectivity index (χ1) is 12.5. The second-order valence-electron chi connectivity index (χ2n) is 6.12. The van der Waals surface area contributed by atoms with Crippen LogP contribution in [0, 0.1) is 0 Å². The van der Waals surface area contributed by atoms with Gasteiger partial charge in [0.1, 0.15) is 5.75 Å². The first kappa shape index (κ1) is 17.4. The summed E-state index contributed by atoms with van der Waals surface area (Å²) in [5.74, 6) is 0.751. The fourth-order valence-corrected chi connectivity index (χ4v) is 2.82. The smallest absolute Gasteiger partial charge is 0.127 e. The number of methoxy groups -OCH3 is 1. The van der Waals surface area contributed by atoms with Crippen LogP contribution >= 0.6 is 0 Å². The molecule has 0 aromatic heterocycles. The highest BCUT2D eigenvalue weighted by molar-refractivity contribution is 5.85. The molecule has 0 aliphatic rings. The van der Waals surface area contributed by atoms with Crippen LogP contribution in [0.4, 0.5) is 11.4 Å². The SMILES string of the molecule is C=C(c1ccc(N)cc1)c1ccc(C(=C)c2ccc(N)cc2)c(OC)c1. The molecule has 3 aromatic carbocycles. The Kier molecular flexibility index (Phi) is 4.81. The van der Waals surface area contributed by atoms with Crippen LogP contribution in [-0.2, 0) is 0 Å². The maximum absolute atomic E-state index is 5.77. The second kappa shape index (κ2) is 7.19. The highest BCUT2D eigenvalue weighted by atomic mass is 16.5.